The Balaban J connectivity index is 2.21. The van der Waals surface area contributed by atoms with Gasteiger partial charge in [-0.1, -0.05) is 0 Å². The average Bonchev–Trinajstić information content (AvgIpc) is 2.60. The van der Waals surface area contributed by atoms with Crippen molar-refractivity contribution >= 4 is 12.0 Å². The Bertz CT molecular complexity index is 387. The van der Waals surface area contributed by atoms with Crippen molar-refractivity contribution in [2.24, 2.45) is 0 Å². The Kier molecular flexibility index (Phi) is 2.09. The summed E-state index contributed by atoms with van der Waals surface area (Å²) < 4.78 is 4.50. The van der Waals surface area contributed by atoms with Gasteiger partial charge in [0.2, 0.25) is 0 Å². The zero-order valence-electron chi connectivity index (χ0n) is 8.27. The molecule has 0 spiro atoms. The van der Waals surface area contributed by atoms with E-state index >= 15 is 0 Å². The number of rotatable bonds is 0. The molecule has 0 saturated carbocycles. The fourth-order valence-corrected chi connectivity index (χ4v) is 1.31. The second kappa shape index (κ2) is 3.28. The monoisotopic (exact) mass is 210 g/mol. The third-order valence-electron chi connectivity index (χ3n) is 1.96. The van der Waals surface area contributed by atoms with E-state index in [1.807, 2.05) is 0 Å². The first kappa shape index (κ1) is 9.53. The molecule has 0 aromatic rings. The zero-order chi connectivity index (χ0) is 11.0. The fourth-order valence-electron chi connectivity index (χ4n) is 1.31. The molecule has 0 saturated heterocycles. The molecule has 0 unspecified atom stereocenters. The molecule has 2 rings (SSSR count). The molecule has 0 atom stereocenters. The summed E-state index contributed by atoms with van der Waals surface area (Å²) in [6.07, 6.45) is 2.27. The number of nitrogens with zero attached hydrogens (tertiary/aromatic N) is 2. The molecule has 0 bridgehead atoms. The van der Waals surface area contributed by atoms with Gasteiger partial charge in [-0.3, -0.25) is 4.79 Å². The molecular weight excluding hydrogens is 200 g/mol. The minimum absolute atomic E-state index is 0.246. The maximum absolute atomic E-state index is 11.5. The number of ether oxygens (including phenoxy) is 1. The first-order chi connectivity index (χ1) is 7.11. The van der Waals surface area contributed by atoms with E-state index in [1.54, 1.807) is 6.92 Å². The number of carbonyl (C=O) groups excluding carboxylic acids is 2. The second-order valence-electron chi connectivity index (χ2n) is 3.08. The van der Waals surface area contributed by atoms with Crippen LogP contribution in [0.4, 0.5) is 4.79 Å². The summed E-state index contributed by atoms with van der Waals surface area (Å²) in [7, 11) is 1.26. The summed E-state index contributed by atoms with van der Waals surface area (Å²) >= 11 is 0. The second-order valence-corrected chi connectivity index (χ2v) is 3.08. The summed E-state index contributed by atoms with van der Waals surface area (Å²) in [6.45, 7) is 1.76. The quantitative estimate of drug-likeness (QED) is 0.570. The number of hydrogen-bond donors (Lipinski definition) is 2. The predicted octanol–water partition coefficient (Wildman–Crippen LogP) is -0.378. The average molecular weight is 210 g/mol. The van der Waals surface area contributed by atoms with Gasteiger partial charge >= 0.3 is 6.09 Å². The van der Waals surface area contributed by atoms with Gasteiger partial charge < -0.3 is 10.1 Å². The molecule has 15 heavy (non-hydrogen) atoms. The maximum atomic E-state index is 11.5. The lowest BCUT2D eigenvalue weighted by molar-refractivity contribution is -0.129. The van der Waals surface area contributed by atoms with E-state index in [2.05, 4.69) is 15.6 Å². The van der Waals surface area contributed by atoms with Crippen LogP contribution in [0.5, 0.6) is 0 Å². The van der Waals surface area contributed by atoms with Crippen LogP contribution in [0.1, 0.15) is 6.92 Å². The summed E-state index contributed by atoms with van der Waals surface area (Å²) in [6, 6.07) is 0. The zero-order valence-corrected chi connectivity index (χ0v) is 8.27. The Labute approximate surface area is 85.9 Å². The topological polar surface area (TPSA) is 73.9 Å². The Morgan fingerprint density at radius 3 is 2.93 bits per heavy atom. The number of nitrogens with one attached hydrogen (secondary N) is 2. The van der Waals surface area contributed by atoms with Crippen LogP contribution in [-0.4, -0.2) is 29.1 Å². The van der Waals surface area contributed by atoms with Crippen molar-refractivity contribution in [3.05, 3.63) is 23.8 Å². The molecule has 0 aromatic carbocycles. The molecule has 2 heterocycles. The molecule has 0 fully saturated rings. The molecule has 2 aliphatic heterocycles. The van der Waals surface area contributed by atoms with E-state index in [1.165, 1.54) is 24.4 Å². The molecule has 7 heteroatoms. The lowest BCUT2D eigenvalue weighted by atomic mass is 10.3. The number of hydrogen-bond acceptors (Lipinski definition) is 5. The molecule has 0 radical (unpaired) electrons. The third-order valence-corrected chi connectivity index (χ3v) is 1.96. The highest BCUT2D eigenvalue weighted by Crippen LogP contribution is 2.15. The van der Waals surface area contributed by atoms with Crippen LogP contribution in [0.25, 0.3) is 0 Å². The van der Waals surface area contributed by atoms with Gasteiger partial charge in [-0.25, -0.2) is 9.80 Å². The van der Waals surface area contributed by atoms with Crippen molar-refractivity contribution in [3.63, 3.8) is 0 Å². The summed E-state index contributed by atoms with van der Waals surface area (Å²) in [5.41, 5.74) is 3.28. The number of methoxy groups -OCH3 is 1. The molecule has 7 nitrogen and oxygen atoms in total. The highest BCUT2D eigenvalue weighted by Gasteiger charge is 2.31. The van der Waals surface area contributed by atoms with Crippen molar-refractivity contribution in [3.8, 4) is 0 Å². The molecule has 2 N–H and O–H groups in total. The first-order valence-electron chi connectivity index (χ1n) is 4.26. The van der Waals surface area contributed by atoms with Crippen molar-refractivity contribution in [1.82, 2.24) is 20.9 Å². The number of hydrazine groups is 2. The van der Waals surface area contributed by atoms with Gasteiger partial charge in [-0.2, -0.15) is 5.01 Å². The molecule has 2 amide bonds. The Morgan fingerprint density at radius 2 is 2.27 bits per heavy atom. The minimum Gasteiger partial charge on any atom is -0.452 e. The van der Waals surface area contributed by atoms with Gasteiger partial charge in [-0.05, 0) is 6.92 Å². The van der Waals surface area contributed by atoms with Crippen LogP contribution >= 0.6 is 0 Å². The van der Waals surface area contributed by atoms with E-state index in [4.69, 9.17) is 0 Å². The lowest BCUT2D eigenvalue weighted by Gasteiger charge is -2.24. The molecular formula is C8H10N4O3. The number of amides is 2. The number of fused-ring (bicyclic) bond motifs is 1. The Morgan fingerprint density at radius 1 is 1.53 bits per heavy atom. The van der Waals surface area contributed by atoms with E-state index in [0.717, 1.165) is 10.7 Å². The van der Waals surface area contributed by atoms with Crippen molar-refractivity contribution in [2.75, 3.05) is 7.11 Å². The molecule has 2 aliphatic rings. The number of allylic oxidation sites excluding steroid dienone is 1. The highest BCUT2D eigenvalue weighted by molar-refractivity contribution is 5.91. The van der Waals surface area contributed by atoms with Gasteiger partial charge in [0.05, 0.1) is 13.3 Å². The normalized spacial score (nSPS) is 19.2. The van der Waals surface area contributed by atoms with E-state index in [9.17, 15) is 9.59 Å². The number of carbonyl (C=O) groups is 2. The Hall–Kier alpha value is -2.02. The van der Waals surface area contributed by atoms with Gasteiger partial charge in [0.25, 0.3) is 5.91 Å². The molecule has 0 aromatic heterocycles. The van der Waals surface area contributed by atoms with Gasteiger partial charge in [0, 0.05) is 11.8 Å². The van der Waals surface area contributed by atoms with Gasteiger partial charge in [0.15, 0.2) is 0 Å². The standard InChI is InChI=1S/C8H10N4O3/c1-5-3-7(13)12-6(9-5)4-11(10-12)8(14)15-2/h3-4,9-10H,1-2H3. The van der Waals surface area contributed by atoms with Crippen LogP contribution < -0.4 is 10.9 Å². The maximum Gasteiger partial charge on any atom is 0.429 e. The minimum atomic E-state index is -0.593. The van der Waals surface area contributed by atoms with Crippen LogP contribution in [0, 0.1) is 0 Å². The molecule has 0 aliphatic carbocycles. The summed E-state index contributed by atoms with van der Waals surface area (Å²) in [5.74, 6) is 0.245. The van der Waals surface area contributed by atoms with E-state index in [-0.39, 0.29) is 5.91 Å². The lowest BCUT2D eigenvalue weighted by Crippen LogP contribution is -2.48. The van der Waals surface area contributed by atoms with Crippen molar-refractivity contribution in [2.45, 2.75) is 6.92 Å². The predicted molar refractivity (Wildman–Crippen MR) is 49.2 cm³/mol. The molecule has 80 valence electrons. The van der Waals surface area contributed by atoms with Crippen LogP contribution in [-0.2, 0) is 9.53 Å². The van der Waals surface area contributed by atoms with Gasteiger partial charge in [-0.15, -0.1) is 5.53 Å². The third kappa shape index (κ3) is 1.52. The van der Waals surface area contributed by atoms with Crippen LogP contribution in [0.15, 0.2) is 23.8 Å². The van der Waals surface area contributed by atoms with E-state index < -0.39 is 6.09 Å². The summed E-state index contributed by atoms with van der Waals surface area (Å²) in [5, 5.41) is 5.22. The van der Waals surface area contributed by atoms with Crippen LogP contribution in [0.3, 0.4) is 0 Å². The smallest absolute Gasteiger partial charge is 0.429 e. The van der Waals surface area contributed by atoms with Crippen LogP contribution in [0.2, 0.25) is 0 Å². The fraction of sp³-hybridized carbons (Fsp3) is 0.250. The summed E-state index contributed by atoms with van der Waals surface area (Å²) in [4.78, 5) is 22.6. The van der Waals surface area contributed by atoms with E-state index in [0.29, 0.717) is 5.82 Å². The van der Waals surface area contributed by atoms with Crippen molar-refractivity contribution in [1.29, 1.82) is 0 Å². The SMILES string of the molecule is COC(=O)N1C=C2NC(C)=CC(=O)N2N1. The first-order valence-corrected chi connectivity index (χ1v) is 4.26. The largest absolute Gasteiger partial charge is 0.452 e. The van der Waals surface area contributed by atoms with Crippen molar-refractivity contribution < 1.29 is 14.3 Å². The highest BCUT2D eigenvalue weighted by atomic mass is 16.5. The van der Waals surface area contributed by atoms with Gasteiger partial charge in [0.1, 0.15) is 5.82 Å².